The number of nitrogens with one attached hydrogen (secondary N) is 1. The van der Waals surface area contributed by atoms with Crippen molar-refractivity contribution < 1.29 is 9.50 Å². The van der Waals surface area contributed by atoms with Crippen LogP contribution in [0.1, 0.15) is 24.4 Å². The molecule has 1 heterocycles. The molecule has 4 N–H and O–H groups in total. The summed E-state index contributed by atoms with van der Waals surface area (Å²) in [5.41, 5.74) is 6.61. The second kappa shape index (κ2) is 6.19. The Labute approximate surface area is 107 Å². The molecule has 0 aromatic heterocycles. The highest BCUT2D eigenvalue weighted by atomic mass is 35.5. The number of phenolic OH excluding ortho intramolecular Hbond substituents is 1. The van der Waals surface area contributed by atoms with Gasteiger partial charge in [-0.05, 0) is 50.0 Å². The topological polar surface area (TPSA) is 58.3 Å². The number of hydrogen-bond donors (Lipinski definition) is 3. The van der Waals surface area contributed by atoms with E-state index in [1.54, 1.807) is 0 Å². The minimum absolute atomic E-state index is 0. The highest BCUT2D eigenvalue weighted by Gasteiger charge is 2.23. The maximum Gasteiger partial charge on any atom is 0.123 e. The maximum absolute atomic E-state index is 13.1. The Bertz CT molecular complexity index is 370. The van der Waals surface area contributed by atoms with Gasteiger partial charge in [-0.2, -0.15) is 0 Å². The van der Waals surface area contributed by atoms with Crippen LogP contribution in [0.15, 0.2) is 18.2 Å². The summed E-state index contributed by atoms with van der Waals surface area (Å²) in [6, 6.07) is 3.67. The molecule has 1 atom stereocenters. The van der Waals surface area contributed by atoms with Crippen molar-refractivity contribution in [2.75, 3.05) is 13.1 Å². The SMILES string of the molecule is Cl.N[C@@H](c1cc(F)ccc1O)C1CCNCC1. The fourth-order valence-corrected chi connectivity index (χ4v) is 2.25. The molecule has 0 bridgehead atoms. The van der Waals surface area contributed by atoms with Gasteiger partial charge in [0.25, 0.3) is 0 Å². The molecule has 1 aromatic rings. The molecular formula is C12H18ClFN2O. The van der Waals surface area contributed by atoms with Crippen molar-refractivity contribution in [3.05, 3.63) is 29.6 Å². The van der Waals surface area contributed by atoms with E-state index in [0.29, 0.717) is 11.5 Å². The van der Waals surface area contributed by atoms with Crippen LogP contribution in [0.4, 0.5) is 4.39 Å². The summed E-state index contributed by atoms with van der Waals surface area (Å²) in [6.07, 6.45) is 1.94. The second-order valence-electron chi connectivity index (χ2n) is 4.32. The van der Waals surface area contributed by atoms with Crippen LogP contribution in [-0.4, -0.2) is 18.2 Å². The molecule has 1 saturated heterocycles. The van der Waals surface area contributed by atoms with E-state index in [0.717, 1.165) is 25.9 Å². The second-order valence-corrected chi connectivity index (χ2v) is 4.32. The van der Waals surface area contributed by atoms with Crippen LogP contribution in [0.2, 0.25) is 0 Å². The Morgan fingerprint density at radius 3 is 2.65 bits per heavy atom. The van der Waals surface area contributed by atoms with E-state index in [1.165, 1.54) is 18.2 Å². The molecule has 1 fully saturated rings. The average Bonchev–Trinajstić information content (AvgIpc) is 2.32. The lowest BCUT2D eigenvalue weighted by atomic mass is 9.86. The van der Waals surface area contributed by atoms with Crippen molar-refractivity contribution in [3.63, 3.8) is 0 Å². The normalized spacial score (nSPS) is 18.5. The fourth-order valence-electron chi connectivity index (χ4n) is 2.25. The minimum atomic E-state index is -0.350. The summed E-state index contributed by atoms with van der Waals surface area (Å²) in [6.45, 7) is 1.88. The molecule has 1 aliphatic rings. The van der Waals surface area contributed by atoms with E-state index in [2.05, 4.69) is 5.32 Å². The van der Waals surface area contributed by atoms with Gasteiger partial charge in [-0.1, -0.05) is 0 Å². The van der Waals surface area contributed by atoms with Crippen molar-refractivity contribution >= 4 is 12.4 Å². The van der Waals surface area contributed by atoms with Crippen molar-refractivity contribution in [1.82, 2.24) is 5.32 Å². The first-order chi connectivity index (χ1) is 7.68. The smallest absolute Gasteiger partial charge is 0.123 e. The predicted octanol–water partition coefficient (Wildman–Crippen LogP) is 1.95. The van der Waals surface area contributed by atoms with Gasteiger partial charge in [-0.3, -0.25) is 0 Å². The van der Waals surface area contributed by atoms with E-state index >= 15 is 0 Å². The summed E-state index contributed by atoms with van der Waals surface area (Å²) in [7, 11) is 0. The van der Waals surface area contributed by atoms with Crippen LogP contribution in [0.5, 0.6) is 5.75 Å². The fraction of sp³-hybridized carbons (Fsp3) is 0.500. The Balaban J connectivity index is 0.00000144. The Kier molecular flexibility index (Phi) is 5.18. The molecule has 0 spiro atoms. The Hall–Kier alpha value is -0.840. The number of phenols is 1. The zero-order valence-corrected chi connectivity index (χ0v) is 10.3. The molecule has 0 amide bonds. The van der Waals surface area contributed by atoms with Crippen LogP contribution < -0.4 is 11.1 Å². The summed E-state index contributed by atoms with van der Waals surface area (Å²) >= 11 is 0. The van der Waals surface area contributed by atoms with Crippen molar-refractivity contribution in [1.29, 1.82) is 0 Å². The van der Waals surface area contributed by atoms with Gasteiger partial charge in [0, 0.05) is 11.6 Å². The average molecular weight is 261 g/mol. The lowest BCUT2D eigenvalue weighted by Crippen LogP contribution is -2.33. The molecule has 0 radical (unpaired) electrons. The first-order valence-electron chi connectivity index (χ1n) is 5.63. The lowest BCUT2D eigenvalue weighted by Gasteiger charge is -2.28. The number of rotatable bonds is 2. The lowest BCUT2D eigenvalue weighted by molar-refractivity contribution is 0.315. The van der Waals surface area contributed by atoms with Crippen LogP contribution >= 0.6 is 12.4 Å². The molecule has 1 aliphatic heterocycles. The van der Waals surface area contributed by atoms with E-state index < -0.39 is 0 Å². The number of hydrogen-bond acceptors (Lipinski definition) is 3. The number of halogens is 2. The molecule has 0 saturated carbocycles. The van der Waals surface area contributed by atoms with Gasteiger partial charge < -0.3 is 16.2 Å². The molecule has 0 unspecified atom stereocenters. The highest BCUT2D eigenvalue weighted by Crippen LogP contribution is 2.32. The summed E-state index contributed by atoms with van der Waals surface area (Å²) < 4.78 is 13.1. The molecule has 3 nitrogen and oxygen atoms in total. The monoisotopic (exact) mass is 260 g/mol. The van der Waals surface area contributed by atoms with Gasteiger partial charge in [-0.25, -0.2) is 4.39 Å². The third kappa shape index (κ3) is 3.31. The predicted molar refractivity (Wildman–Crippen MR) is 67.8 cm³/mol. The first kappa shape index (κ1) is 14.2. The highest BCUT2D eigenvalue weighted by molar-refractivity contribution is 5.85. The number of benzene rings is 1. The summed E-state index contributed by atoms with van der Waals surface area (Å²) in [5, 5.41) is 12.9. The molecule has 96 valence electrons. The van der Waals surface area contributed by atoms with Crippen molar-refractivity contribution in [2.45, 2.75) is 18.9 Å². The number of nitrogens with two attached hydrogens (primary N) is 1. The van der Waals surface area contributed by atoms with Gasteiger partial charge in [0.1, 0.15) is 11.6 Å². The largest absolute Gasteiger partial charge is 0.508 e. The quantitative estimate of drug-likeness (QED) is 0.762. The van der Waals surface area contributed by atoms with Gasteiger partial charge in [-0.15, -0.1) is 12.4 Å². The van der Waals surface area contributed by atoms with Crippen LogP contribution in [0.25, 0.3) is 0 Å². The third-order valence-electron chi connectivity index (χ3n) is 3.24. The Morgan fingerprint density at radius 2 is 2.00 bits per heavy atom. The van der Waals surface area contributed by atoms with Crippen LogP contribution in [-0.2, 0) is 0 Å². The molecule has 0 aliphatic carbocycles. The molecule has 17 heavy (non-hydrogen) atoms. The molecular weight excluding hydrogens is 243 g/mol. The molecule has 1 aromatic carbocycles. The zero-order valence-electron chi connectivity index (χ0n) is 9.53. The number of piperidine rings is 1. The standard InChI is InChI=1S/C12H17FN2O.ClH/c13-9-1-2-11(16)10(7-9)12(14)8-3-5-15-6-4-8;/h1-2,7-8,12,15-16H,3-6,14H2;1H/t12-;/m1./s1. The zero-order chi connectivity index (χ0) is 11.5. The van der Waals surface area contributed by atoms with E-state index in [1.807, 2.05) is 0 Å². The van der Waals surface area contributed by atoms with Crippen LogP contribution in [0, 0.1) is 11.7 Å². The van der Waals surface area contributed by atoms with Gasteiger partial charge >= 0.3 is 0 Å². The van der Waals surface area contributed by atoms with E-state index in [9.17, 15) is 9.50 Å². The minimum Gasteiger partial charge on any atom is -0.508 e. The van der Waals surface area contributed by atoms with Crippen molar-refractivity contribution in [2.24, 2.45) is 11.7 Å². The summed E-state index contributed by atoms with van der Waals surface area (Å²) in [4.78, 5) is 0. The van der Waals surface area contributed by atoms with Gasteiger partial charge in [0.15, 0.2) is 0 Å². The Morgan fingerprint density at radius 1 is 1.35 bits per heavy atom. The van der Waals surface area contributed by atoms with E-state index in [-0.39, 0.29) is 30.0 Å². The molecule has 5 heteroatoms. The van der Waals surface area contributed by atoms with Gasteiger partial charge in [0.05, 0.1) is 0 Å². The number of aromatic hydroxyl groups is 1. The van der Waals surface area contributed by atoms with E-state index in [4.69, 9.17) is 5.73 Å². The molecule has 2 rings (SSSR count). The van der Waals surface area contributed by atoms with Crippen molar-refractivity contribution in [3.8, 4) is 5.75 Å². The van der Waals surface area contributed by atoms with Crippen LogP contribution in [0.3, 0.4) is 0 Å². The first-order valence-corrected chi connectivity index (χ1v) is 5.63. The third-order valence-corrected chi connectivity index (χ3v) is 3.24. The maximum atomic E-state index is 13.1. The summed E-state index contributed by atoms with van der Waals surface area (Å²) in [5.74, 6) is 0.0542. The van der Waals surface area contributed by atoms with Gasteiger partial charge in [0.2, 0.25) is 0 Å².